The molecular formula is C22H18Cl2N2O6. The lowest BCUT2D eigenvalue weighted by Gasteiger charge is -2.25. The van der Waals surface area contributed by atoms with E-state index in [1.165, 1.54) is 24.3 Å². The molecule has 0 saturated carbocycles. The number of amides is 1. The summed E-state index contributed by atoms with van der Waals surface area (Å²) in [6.07, 6.45) is 1.92. The first kappa shape index (κ1) is 23.3. The normalized spacial score (nSPS) is 17.0. The molecule has 32 heavy (non-hydrogen) atoms. The van der Waals surface area contributed by atoms with E-state index in [9.17, 15) is 19.5 Å². The molecule has 1 unspecified atom stereocenters. The molecule has 2 aromatic rings. The molecule has 0 radical (unpaired) electrons. The van der Waals surface area contributed by atoms with Crippen molar-refractivity contribution in [1.29, 1.82) is 0 Å². The first-order valence-corrected chi connectivity index (χ1v) is 10.2. The lowest BCUT2D eigenvalue weighted by Crippen LogP contribution is -2.35. The van der Waals surface area contributed by atoms with Crippen molar-refractivity contribution in [2.24, 2.45) is 4.99 Å². The van der Waals surface area contributed by atoms with E-state index in [1.807, 2.05) is 6.92 Å². The number of fused-ring (bicyclic) bond motifs is 1. The van der Waals surface area contributed by atoms with Crippen molar-refractivity contribution in [3.8, 4) is 0 Å². The summed E-state index contributed by atoms with van der Waals surface area (Å²) in [5.74, 6) is -2.64. The topological polar surface area (TPSA) is 125 Å². The van der Waals surface area contributed by atoms with Crippen molar-refractivity contribution in [1.82, 2.24) is 0 Å². The molecule has 0 spiro atoms. The highest BCUT2D eigenvalue weighted by atomic mass is 35.5. The fourth-order valence-corrected chi connectivity index (χ4v) is 3.96. The molecule has 1 amide bonds. The minimum absolute atomic E-state index is 0.0507. The number of anilines is 1. The molecular weight excluding hydrogens is 459 g/mol. The molecule has 0 bridgehead atoms. The Hall–Kier alpha value is -3.36. The Morgan fingerprint density at radius 1 is 1.19 bits per heavy atom. The third kappa shape index (κ3) is 4.46. The smallest absolute Gasteiger partial charge is 0.411 e. The predicted molar refractivity (Wildman–Crippen MR) is 118 cm³/mol. The predicted octanol–water partition coefficient (Wildman–Crippen LogP) is 3.36. The highest BCUT2D eigenvalue weighted by Crippen LogP contribution is 2.38. The second-order valence-electron chi connectivity index (χ2n) is 6.84. The molecule has 1 atom stereocenters. The van der Waals surface area contributed by atoms with Crippen LogP contribution in [0, 0.1) is 0 Å². The van der Waals surface area contributed by atoms with Gasteiger partial charge in [0.05, 0.1) is 17.0 Å². The quantitative estimate of drug-likeness (QED) is 0.526. The van der Waals surface area contributed by atoms with E-state index in [2.05, 4.69) is 10.3 Å². The highest BCUT2D eigenvalue weighted by molar-refractivity contribution is 6.34. The van der Waals surface area contributed by atoms with Crippen LogP contribution in [0.15, 0.2) is 53.5 Å². The van der Waals surface area contributed by atoms with Crippen molar-refractivity contribution in [3.05, 3.63) is 74.7 Å². The van der Waals surface area contributed by atoms with Crippen molar-refractivity contribution in [2.75, 3.05) is 11.9 Å². The number of carboxylic acid groups (broad SMARTS) is 2. The van der Waals surface area contributed by atoms with Gasteiger partial charge in [-0.15, -0.1) is 0 Å². The summed E-state index contributed by atoms with van der Waals surface area (Å²) in [5, 5.41) is 22.8. The van der Waals surface area contributed by atoms with Crippen molar-refractivity contribution >= 4 is 52.5 Å². The van der Waals surface area contributed by atoms with Crippen LogP contribution >= 0.6 is 23.2 Å². The molecule has 8 nitrogen and oxygen atoms in total. The molecule has 10 heteroatoms. The SMILES string of the molecule is CCCOC(=O)Nc1cccc(C2(C(=O)O)N=c3cc(Cl)cc(Cl)c3=C2C=CC(=O)O)c1. The summed E-state index contributed by atoms with van der Waals surface area (Å²) >= 11 is 12.4. The van der Waals surface area contributed by atoms with Gasteiger partial charge in [-0.2, -0.15) is 0 Å². The number of carbonyl (C=O) groups is 3. The van der Waals surface area contributed by atoms with Crippen LogP contribution in [0.1, 0.15) is 18.9 Å². The molecule has 0 aliphatic carbocycles. The number of halogens is 2. The molecule has 1 aliphatic rings. The van der Waals surface area contributed by atoms with Gasteiger partial charge in [-0.25, -0.2) is 14.4 Å². The van der Waals surface area contributed by atoms with Gasteiger partial charge in [0.1, 0.15) is 0 Å². The Kier molecular flexibility index (Phi) is 6.86. The van der Waals surface area contributed by atoms with E-state index in [-0.39, 0.29) is 44.1 Å². The Bertz CT molecular complexity index is 1260. The van der Waals surface area contributed by atoms with E-state index in [0.717, 1.165) is 12.2 Å². The zero-order valence-electron chi connectivity index (χ0n) is 16.8. The molecule has 0 aromatic heterocycles. The molecule has 1 aliphatic heterocycles. The molecule has 0 fully saturated rings. The third-order valence-electron chi connectivity index (χ3n) is 4.65. The first-order valence-electron chi connectivity index (χ1n) is 9.47. The van der Waals surface area contributed by atoms with Crippen LogP contribution in [0.4, 0.5) is 10.5 Å². The number of nitrogens with zero attached hydrogens (tertiary/aromatic N) is 1. The van der Waals surface area contributed by atoms with Gasteiger partial charge in [-0.3, -0.25) is 10.3 Å². The summed E-state index contributed by atoms with van der Waals surface area (Å²) < 4.78 is 5.00. The molecule has 0 saturated heterocycles. The van der Waals surface area contributed by atoms with Gasteiger partial charge in [-0.05, 0) is 42.3 Å². The van der Waals surface area contributed by atoms with Crippen LogP contribution in [0.2, 0.25) is 10.0 Å². The van der Waals surface area contributed by atoms with Gasteiger partial charge >= 0.3 is 18.0 Å². The monoisotopic (exact) mass is 476 g/mol. The van der Waals surface area contributed by atoms with E-state index in [0.29, 0.717) is 6.42 Å². The number of carbonyl (C=O) groups excluding carboxylic acids is 1. The lowest BCUT2D eigenvalue weighted by atomic mass is 9.82. The zero-order chi connectivity index (χ0) is 23.5. The largest absolute Gasteiger partial charge is 0.479 e. The van der Waals surface area contributed by atoms with Crippen LogP contribution in [0.3, 0.4) is 0 Å². The van der Waals surface area contributed by atoms with Crippen LogP contribution in [-0.2, 0) is 19.9 Å². The van der Waals surface area contributed by atoms with Crippen LogP contribution in [-0.4, -0.2) is 34.9 Å². The maximum atomic E-state index is 12.6. The molecule has 1 heterocycles. The van der Waals surface area contributed by atoms with Gasteiger partial charge in [-0.1, -0.05) is 42.3 Å². The number of rotatable bonds is 7. The second-order valence-corrected chi connectivity index (χ2v) is 7.68. The molecule has 3 N–H and O–H groups in total. The van der Waals surface area contributed by atoms with E-state index in [4.69, 9.17) is 33.0 Å². The van der Waals surface area contributed by atoms with Crippen LogP contribution in [0.5, 0.6) is 0 Å². The summed E-state index contributed by atoms with van der Waals surface area (Å²) in [6, 6.07) is 8.92. The van der Waals surface area contributed by atoms with Crippen LogP contribution in [0.25, 0.3) is 5.57 Å². The number of nitrogens with one attached hydrogen (secondary N) is 1. The number of carboxylic acids is 2. The van der Waals surface area contributed by atoms with Crippen molar-refractivity contribution in [3.63, 3.8) is 0 Å². The summed E-state index contributed by atoms with van der Waals surface area (Å²) in [7, 11) is 0. The van der Waals surface area contributed by atoms with Crippen molar-refractivity contribution < 1.29 is 29.3 Å². The Balaban J connectivity index is 2.23. The molecule has 166 valence electrons. The van der Waals surface area contributed by atoms with Gasteiger partial charge in [0.15, 0.2) is 0 Å². The number of hydrogen-bond donors (Lipinski definition) is 3. The Morgan fingerprint density at radius 3 is 2.59 bits per heavy atom. The van der Waals surface area contributed by atoms with E-state index < -0.39 is 23.6 Å². The average molecular weight is 477 g/mol. The standard InChI is InChI=1S/C22H18Cl2N2O6/c1-2-8-32-21(31)25-14-5-3-4-12(9-14)22(20(29)30)15(6-7-18(27)28)19-16(24)10-13(23)11-17(19)26-22/h3-7,9-11H,2,8H2,1H3,(H,25,31)(H,27,28)(H,29,30). The second kappa shape index (κ2) is 9.42. The lowest BCUT2D eigenvalue weighted by molar-refractivity contribution is -0.141. The van der Waals surface area contributed by atoms with Gasteiger partial charge in [0.2, 0.25) is 5.54 Å². The fourth-order valence-electron chi connectivity index (χ4n) is 3.37. The number of aliphatic carboxylic acids is 2. The van der Waals surface area contributed by atoms with Gasteiger partial charge < -0.3 is 14.9 Å². The highest BCUT2D eigenvalue weighted by Gasteiger charge is 2.46. The average Bonchev–Trinajstić information content (AvgIpc) is 3.06. The summed E-state index contributed by atoms with van der Waals surface area (Å²) in [6.45, 7) is 2.08. The van der Waals surface area contributed by atoms with Crippen LogP contribution < -0.4 is 15.9 Å². The Labute approximate surface area is 192 Å². The maximum Gasteiger partial charge on any atom is 0.411 e. The summed E-state index contributed by atoms with van der Waals surface area (Å²) in [5.41, 5.74) is -1.52. The van der Waals surface area contributed by atoms with Gasteiger partial charge in [0.25, 0.3) is 0 Å². The fraction of sp³-hybridized carbons (Fsp3) is 0.182. The molecule has 3 rings (SSSR count). The molecule has 2 aromatic carbocycles. The number of benzene rings is 2. The van der Waals surface area contributed by atoms with Gasteiger partial charge in [0, 0.05) is 27.6 Å². The number of hydrogen-bond acceptors (Lipinski definition) is 5. The maximum absolute atomic E-state index is 12.6. The van der Waals surface area contributed by atoms with E-state index >= 15 is 0 Å². The first-order chi connectivity index (χ1) is 15.2. The number of ether oxygens (including phenoxy) is 1. The minimum Gasteiger partial charge on any atom is -0.479 e. The zero-order valence-corrected chi connectivity index (χ0v) is 18.3. The summed E-state index contributed by atoms with van der Waals surface area (Å²) in [4.78, 5) is 40.2. The van der Waals surface area contributed by atoms with E-state index in [1.54, 1.807) is 12.1 Å². The third-order valence-corrected chi connectivity index (χ3v) is 5.16. The minimum atomic E-state index is -2.02. The Morgan fingerprint density at radius 2 is 1.94 bits per heavy atom. The van der Waals surface area contributed by atoms with Crippen molar-refractivity contribution in [2.45, 2.75) is 18.9 Å².